The van der Waals surface area contributed by atoms with Gasteiger partial charge in [0.25, 0.3) is 19.9 Å². The number of alkyl halides is 3. The quantitative estimate of drug-likeness (QED) is 0.261. The summed E-state index contributed by atoms with van der Waals surface area (Å²) < 4.78 is 99.3. The van der Waals surface area contributed by atoms with Crippen LogP contribution in [0.3, 0.4) is 0 Å². The first-order valence-corrected chi connectivity index (χ1v) is 16.0. The fourth-order valence-corrected chi connectivity index (χ4v) is 6.88. The van der Waals surface area contributed by atoms with Gasteiger partial charge in [-0.1, -0.05) is 24.3 Å². The molecule has 2 N–H and O–H groups in total. The molecule has 0 aromatic heterocycles. The molecule has 1 saturated heterocycles. The average Bonchev–Trinajstić information content (AvgIpc) is 2.92. The van der Waals surface area contributed by atoms with Crippen LogP contribution in [0.15, 0.2) is 69.3 Å². The summed E-state index contributed by atoms with van der Waals surface area (Å²) in [6.45, 7) is 2.00. The monoisotopic (exact) mass is 611 g/mol. The zero-order chi connectivity index (χ0) is 28.7. The second-order valence-corrected chi connectivity index (χ2v) is 13.7. The number of hydrogen-bond donors (Lipinski definition) is 2. The average molecular weight is 612 g/mol. The van der Waals surface area contributed by atoms with Crippen molar-refractivity contribution >= 4 is 31.6 Å². The van der Waals surface area contributed by atoms with Crippen molar-refractivity contribution in [2.45, 2.75) is 51.3 Å². The summed E-state index contributed by atoms with van der Waals surface area (Å²) in [5, 5.41) is 0. The highest BCUT2D eigenvalue weighted by molar-refractivity contribution is 7.99. The van der Waals surface area contributed by atoms with Crippen molar-refractivity contribution in [3.63, 3.8) is 0 Å². The van der Waals surface area contributed by atoms with Crippen molar-refractivity contribution in [3.05, 3.63) is 54.6 Å². The third-order valence-electron chi connectivity index (χ3n) is 6.23. The van der Waals surface area contributed by atoms with Crippen LogP contribution in [0.2, 0.25) is 0 Å². The summed E-state index contributed by atoms with van der Waals surface area (Å²) in [6, 6.07) is 12.3. The maximum Gasteiger partial charge on any atom is 0.501 e. The summed E-state index contributed by atoms with van der Waals surface area (Å²) in [6.07, 6.45) is 1.32. The van der Waals surface area contributed by atoms with Crippen LogP contribution in [0.1, 0.15) is 12.8 Å². The van der Waals surface area contributed by atoms with E-state index >= 15 is 0 Å². The molecule has 218 valence electrons. The van der Waals surface area contributed by atoms with Gasteiger partial charge in [0, 0.05) is 50.4 Å². The number of halogens is 3. The molecule has 0 unspecified atom stereocenters. The SMILES string of the molecule is CO[C@@H]1C[C@H](OC)CN(CC[C@H](CSc2ccccc2)NNS(=O)(=O)c2cccc(S(=O)(=O)C(F)(F)F)c2)C1. The van der Waals surface area contributed by atoms with Gasteiger partial charge in [-0.25, -0.2) is 22.3 Å². The van der Waals surface area contributed by atoms with Gasteiger partial charge in [-0.2, -0.15) is 13.2 Å². The number of piperidine rings is 1. The predicted octanol–water partition coefficient (Wildman–Crippen LogP) is 3.05. The van der Waals surface area contributed by atoms with Crippen LogP contribution in [0.4, 0.5) is 13.2 Å². The Bertz CT molecular complexity index is 1270. The lowest BCUT2D eigenvalue weighted by Gasteiger charge is -2.37. The lowest BCUT2D eigenvalue weighted by molar-refractivity contribution is -0.0459. The summed E-state index contributed by atoms with van der Waals surface area (Å²) in [7, 11) is -6.81. The number of rotatable bonds is 13. The van der Waals surface area contributed by atoms with Crippen LogP contribution in [0.25, 0.3) is 0 Å². The van der Waals surface area contributed by atoms with Crippen molar-refractivity contribution in [2.24, 2.45) is 0 Å². The van der Waals surface area contributed by atoms with Gasteiger partial charge in [0.1, 0.15) is 0 Å². The van der Waals surface area contributed by atoms with E-state index < -0.39 is 35.2 Å². The Hall–Kier alpha value is -1.72. The van der Waals surface area contributed by atoms with Gasteiger partial charge in [0.05, 0.1) is 22.0 Å². The summed E-state index contributed by atoms with van der Waals surface area (Å²) in [4.78, 5) is 3.61. The van der Waals surface area contributed by atoms with Gasteiger partial charge in [0.15, 0.2) is 0 Å². The van der Waals surface area contributed by atoms with E-state index in [2.05, 4.69) is 15.2 Å². The molecule has 9 nitrogen and oxygen atoms in total. The zero-order valence-electron chi connectivity index (χ0n) is 21.4. The van der Waals surface area contributed by atoms with Gasteiger partial charge in [0.2, 0.25) is 0 Å². The number of thioether (sulfide) groups is 1. The van der Waals surface area contributed by atoms with Crippen molar-refractivity contribution in [1.29, 1.82) is 0 Å². The van der Waals surface area contributed by atoms with Crippen LogP contribution in [0, 0.1) is 0 Å². The van der Waals surface area contributed by atoms with Crippen LogP contribution in [-0.2, 0) is 29.3 Å². The normalized spacial score (nSPS) is 20.1. The molecule has 39 heavy (non-hydrogen) atoms. The Kier molecular flexibility index (Phi) is 11.2. The third-order valence-corrected chi connectivity index (χ3v) is 10.2. The minimum absolute atomic E-state index is 0.00700. The molecule has 1 fully saturated rings. The van der Waals surface area contributed by atoms with Gasteiger partial charge in [-0.3, -0.25) is 4.90 Å². The highest BCUT2D eigenvalue weighted by Crippen LogP contribution is 2.31. The zero-order valence-corrected chi connectivity index (χ0v) is 23.9. The molecule has 0 aliphatic carbocycles. The summed E-state index contributed by atoms with van der Waals surface area (Å²) >= 11 is 1.51. The fourth-order valence-electron chi connectivity index (χ4n) is 4.03. The van der Waals surface area contributed by atoms with Crippen LogP contribution >= 0.6 is 11.8 Å². The number of nitrogens with zero attached hydrogens (tertiary/aromatic N) is 1. The lowest BCUT2D eigenvalue weighted by Crippen LogP contribution is -2.50. The second kappa shape index (κ2) is 13.8. The van der Waals surface area contributed by atoms with E-state index in [0.717, 1.165) is 23.4 Å². The molecule has 2 aromatic rings. The highest BCUT2D eigenvalue weighted by atomic mass is 32.2. The number of sulfone groups is 1. The largest absolute Gasteiger partial charge is 0.501 e. The highest BCUT2D eigenvalue weighted by Gasteiger charge is 2.47. The summed E-state index contributed by atoms with van der Waals surface area (Å²) in [5.41, 5.74) is -2.77. The first-order chi connectivity index (χ1) is 18.4. The van der Waals surface area contributed by atoms with E-state index in [1.54, 1.807) is 14.2 Å². The molecule has 15 heteroatoms. The van der Waals surface area contributed by atoms with E-state index in [-0.39, 0.29) is 18.2 Å². The minimum atomic E-state index is -5.71. The molecule has 0 spiro atoms. The molecule has 2 aromatic carbocycles. The van der Waals surface area contributed by atoms with Crippen molar-refractivity contribution in [1.82, 2.24) is 15.2 Å². The number of hydrazine groups is 1. The number of nitrogens with one attached hydrogen (secondary N) is 2. The van der Waals surface area contributed by atoms with Crippen LogP contribution < -0.4 is 10.3 Å². The summed E-state index contributed by atoms with van der Waals surface area (Å²) in [5.74, 6) is 0.476. The molecule has 0 saturated carbocycles. The van der Waals surface area contributed by atoms with E-state index in [4.69, 9.17) is 9.47 Å². The molecule has 0 bridgehead atoms. The van der Waals surface area contributed by atoms with Gasteiger partial charge < -0.3 is 9.47 Å². The smallest absolute Gasteiger partial charge is 0.380 e. The maximum absolute atomic E-state index is 13.0. The lowest BCUT2D eigenvalue weighted by atomic mass is 10.0. The molecular weight excluding hydrogens is 579 g/mol. The molecule has 1 aliphatic heterocycles. The number of methoxy groups -OCH3 is 2. The predicted molar refractivity (Wildman–Crippen MR) is 141 cm³/mol. The van der Waals surface area contributed by atoms with Gasteiger partial charge in [-0.15, -0.1) is 16.6 Å². The van der Waals surface area contributed by atoms with Crippen molar-refractivity contribution in [2.75, 3.05) is 39.6 Å². The first-order valence-electron chi connectivity index (χ1n) is 12.0. The molecule has 1 aliphatic rings. The van der Waals surface area contributed by atoms with Gasteiger partial charge in [-0.05, 0) is 43.3 Å². The number of likely N-dealkylation sites (tertiary alicyclic amines) is 1. The second-order valence-electron chi connectivity index (χ2n) is 8.99. The number of sulfonamides is 1. The Balaban J connectivity index is 1.72. The molecule has 3 atom stereocenters. The Labute approximate surface area is 231 Å². The Morgan fingerprint density at radius 3 is 2.18 bits per heavy atom. The topological polar surface area (TPSA) is 114 Å². The Morgan fingerprint density at radius 2 is 1.59 bits per heavy atom. The Morgan fingerprint density at radius 1 is 0.974 bits per heavy atom. The number of ether oxygens (including phenoxy) is 2. The molecule has 3 rings (SSSR count). The molecular formula is C24H32F3N3O6S3. The van der Waals surface area contributed by atoms with E-state index in [1.165, 1.54) is 11.8 Å². The molecule has 1 heterocycles. The third kappa shape index (κ3) is 8.88. The van der Waals surface area contributed by atoms with E-state index in [9.17, 15) is 30.0 Å². The molecule has 0 amide bonds. The first kappa shape index (κ1) is 31.8. The molecule has 0 radical (unpaired) electrons. The van der Waals surface area contributed by atoms with Crippen LogP contribution in [0.5, 0.6) is 0 Å². The number of hydrogen-bond acceptors (Lipinski definition) is 9. The van der Waals surface area contributed by atoms with Crippen LogP contribution in [-0.4, -0.2) is 85.1 Å². The van der Waals surface area contributed by atoms with Crippen molar-refractivity contribution < 1.29 is 39.5 Å². The van der Waals surface area contributed by atoms with Gasteiger partial charge >= 0.3 is 5.51 Å². The fraction of sp³-hybridized carbons (Fsp3) is 0.500. The standard InChI is InChI=1S/C24H32F3N3O6S3/c1-35-19-13-20(36-2)16-30(15-19)12-11-18(17-37-21-7-4-3-5-8-21)28-29-39(33,34)23-10-6-9-22(14-23)38(31,32)24(25,26)27/h3-10,14,18-20,28-29H,11-13,15-17H2,1-2H3/t18-,19-,20+/m1/s1. The van der Waals surface area contributed by atoms with Crippen molar-refractivity contribution in [3.8, 4) is 0 Å². The van der Waals surface area contributed by atoms with E-state index in [0.29, 0.717) is 43.9 Å². The minimum Gasteiger partial charge on any atom is -0.380 e. The van der Waals surface area contributed by atoms with E-state index in [1.807, 2.05) is 30.3 Å². The maximum atomic E-state index is 13.0. The number of benzene rings is 2.